The van der Waals surface area contributed by atoms with Crippen LogP contribution < -0.4 is 10.5 Å². The third-order valence-electron chi connectivity index (χ3n) is 4.35. The number of H-pyrrole nitrogens is 1. The Morgan fingerprint density at radius 3 is 2.32 bits per heavy atom. The summed E-state index contributed by atoms with van der Waals surface area (Å²) in [6, 6.07) is 2.69. The molecule has 146 valence electrons. The van der Waals surface area contributed by atoms with Crippen LogP contribution in [0.3, 0.4) is 0 Å². The summed E-state index contributed by atoms with van der Waals surface area (Å²) in [7, 11) is -8.44. The molecule has 0 aliphatic carbocycles. The lowest BCUT2D eigenvalue weighted by Crippen LogP contribution is -2.51. The molecule has 0 atom stereocenters. The highest BCUT2D eigenvalue weighted by Gasteiger charge is 2.38. The van der Waals surface area contributed by atoms with E-state index in [2.05, 4.69) is 35.9 Å². The molecule has 1 aliphatic rings. The van der Waals surface area contributed by atoms with Gasteiger partial charge in [-0.3, -0.25) is 0 Å². The van der Waals surface area contributed by atoms with Gasteiger partial charge in [-0.1, -0.05) is 6.07 Å². The van der Waals surface area contributed by atoms with Gasteiger partial charge in [-0.05, 0) is 22.1 Å². The van der Waals surface area contributed by atoms with E-state index in [1.807, 2.05) is 0 Å². The molecular formula is C14H14N8O4S2. The molecule has 0 amide bonds. The van der Waals surface area contributed by atoms with Crippen molar-refractivity contribution in [2.75, 3.05) is 13.1 Å². The number of hydrogen-bond donors (Lipinski definition) is 3. The number of tetrazole rings is 1. The number of hydrogen-bond acceptors (Lipinski definition) is 10. The summed E-state index contributed by atoms with van der Waals surface area (Å²) in [5.41, 5.74) is 0.692. The van der Waals surface area contributed by atoms with Crippen LogP contribution in [0.5, 0.6) is 0 Å². The van der Waals surface area contributed by atoms with E-state index in [1.54, 1.807) is 0 Å². The van der Waals surface area contributed by atoms with Crippen molar-refractivity contribution in [1.29, 1.82) is 0 Å². The molecule has 1 fully saturated rings. The lowest BCUT2D eigenvalue weighted by molar-refractivity contribution is 0.493. The van der Waals surface area contributed by atoms with Crippen LogP contribution in [0.15, 0.2) is 40.6 Å². The van der Waals surface area contributed by atoms with Crippen LogP contribution in [0, 0.1) is 0 Å². The highest BCUT2D eigenvalue weighted by atomic mass is 32.2. The first-order valence-corrected chi connectivity index (χ1v) is 11.0. The Balaban J connectivity index is 2.10. The van der Waals surface area contributed by atoms with E-state index in [4.69, 9.17) is 5.14 Å². The lowest BCUT2D eigenvalue weighted by Gasteiger charge is -2.28. The molecule has 28 heavy (non-hydrogen) atoms. The van der Waals surface area contributed by atoms with Crippen molar-refractivity contribution < 1.29 is 16.8 Å². The minimum Gasteiger partial charge on any atom is -0.314 e. The van der Waals surface area contributed by atoms with Crippen molar-refractivity contribution in [1.82, 2.24) is 35.9 Å². The standard InChI is InChI=1S/C14H14N8O4S2/c15-28(25,26)13-11(27(23,24)9-5-16-6-9)2-1-10(8-3-17-7-18-4-8)12(13)14-19-21-22-20-14/h1-4,7,9,16H,5-6H2,(H2,15,25,26)(H,19,20,21,22). The zero-order valence-corrected chi connectivity index (χ0v) is 15.8. The van der Waals surface area contributed by atoms with Gasteiger partial charge >= 0.3 is 0 Å². The van der Waals surface area contributed by atoms with Crippen molar-refractivity contribution in [2.45, 2.75) is 15.0 Å². The van der Waals surface area contributed by atoms with Gasteiger partial charge in [-0.15, -0.1) is 5.10 Å². The van der Waals surface area contributed by atoms with E-state index >= 15 is 0 Å². The fourth-order valence-corrected chi connectivity index (χ4v) is 6.10. The smallest absolute Gasteiger partial charge is 0.240 e. The number of benzene rings is 1. The molecule has 4 N–H and O–H groups in total. The molecule has 0 spiro atoms. The third-order valence-corrected chi connectivity index (χ3v) is 7.64. The first kappa shape index (κ1) is 18.5. The Bertz CT molecular complexity index is 1220. The zero-order chi connectivity index (χ0) is 19.9. The second-order valence-corrected chi connectivity index (χ2v) is 9.76. The monoisotopic (exact) mass is 422 g/mol. The number of sulfone groups is 1. The summed E-state index contributed by atoms with van der Waals surface area (Å²) in [4.78, 5) is 6.87. The molecule has 3 heterocycles. The quantitative estimate of drug-likeness (QED) is 0.447. The normalized spacial score (nSPS) is 15.3. The molecule has 0 saturated carbocycles. The van der Waals surface area contributed by atoms with Crippen molar-refractivity contribution in [3.05, 3.63) is 30.9 Å². The minimum absolute atomic E-state index is 0.0494. The predicted octanol–water partition coefficient (Wildman–Crippen LogP) is -1.28. The van der Waals surface area contributed by atoms with Crippen molar-refractivity contribution in [3.8, 4) is 22.5 Å². The maximum Gasteiger partial charge on any atom is 0.240 e. The SMILES string of the molecule is NS(=O)(=O)c1c(S(=O)(=O)C2CNC2)ccc(-c2cncnc2)c1-c1nnn[nH]1. The van der Waals surface area contributed by atoms with Gasteiger partial charge in [0.05, 0.1) is 10.1 Å². The molecule has 4 rings (SSSR count). The molecule has 12 nitrogen and oxygen atoms in total. The average Bonchev–Trinajstić information content (AvgIpc) is 3.13. The number of nitrogens with one attached hydrogen (secondary N) is 2. The molecule has 0 radical (unpaired) electrons. The minimum atomic E-state index is -4.48. The van der Waals surface area contributed by atoms with Crippen LogP contribution in [0.4, 0.5) is 0 Å². The van der Waals surface area contributed by atoms with E-state index in [9.17, 15) is 16.8 Å². The molecule has 1 aromatic carbocycles. The number of aromatic amines is 1. The van der Waals surface area contributed by atoms with Crippen LogP contribution in [0.1, 0.15) is 0 Å². The highest BCUT2D eigenvalue weighted by molar-refractivity contribution is 7.94. The van der Waals surface area contributed by atoms with E-state index in [0.717, 1.165) is 0 Å². The van der Waals surface area contributed by atoms with Gasteiger partial charge in [-0.2, -0.15) is 0 Å². The lowest BCUT2D eigenvalue weighted by atomic mass is 10.0. The second kappa shape index (κ2) is 6.66. The molecule has 0 bridgehead atoms. The van der Waals surface area contributed by atoms with E-state index in [0.29, 0.717) is 11.1 Å². The fourth-order valence-electron chi connectivity index (χ4n) is 2.91. The Hall–Kier alpha value is -2.81. The zero-order valence-electron chi connectivity index (χ0n) is 14.1. The summed E-state index contributed by atoms with van der Waals surface area (Å²) >= 11 is 0. The fraction of sp³-hybridized carbons (Fsp3) is 0.214. The Kier molecular flexibility index (Phi) is 4.41. The Morgan fingerprint density at radius 2 is 1.79 bits per heavy atom. The first-order chi connectivity index (χ1) is 13.3. The first-order valence-electron chi connectivity index (χ1n) is 7.94. The molecule has 14 heteroatoms. The number of nitrogens with two attached hydrogens (primary N) is 1. The summed E-state index contributed by atoms with van der Waals surface area (Å²) in [5.74, 6) is -0.0494. The van der Waals surface area contributed by atoms with Gasteiger partial charge in [-0.25, -0.2) is 37.0 Å². The van der Waals surface area contributed by atoms with Gasteiger partial charge in [0.15, 0.2) is 15.7 Å². The molecule has 2 aromatic heterocycles. The Morgan fingerprint density at radius 1 is 1.07 bits per heavy atom. The summed E-state index contributed by atoms with van der Waals surface area (Å²) in [5, 5.41) is 20.7. The molecular weight excluding hydrogens is 408 g/mol. The molecule has 0 unspecified atom stereocenters. The van der Waals surface area contributed by atoms with Gasteiger partial charge in [0.2, 0.25) is 10.0 Å². The van der Waals surface area contributed by atoms with Crippen LogP contribution in [0.2, 0.25) is 0 Å². The van der Waals surface area contributed by atoms with E-state index < -0.39 is 34.9 Å². The maximum absolute atomic E-state index is 13.0. The molecule has 3 aromatic rings. The average molecular weight is 422 g/mol. The van der Waals surface area contributed by atoms with Gasteiger partial charge < -0.3 is 5.32 Å². The topological polar surface area (TPSA) is 187 Å². The van der Waals surface area contributed by atoms with E-state index in [1.165, 1.54) is 30.9 Å². The number of primary sulfonamides is 1. The highest BCUT2D eigenvalue weighted by Crippen LogP contribution is 2.39. The Labute approximate surface area is 159 Å². The van der Waals surface area contributed by atoms with Crippen LogP contribution in [-0.2, 0) is 19.9 Å². The molecule has 1 aliphatic heterocycles. The number of nitrogens with zero attached hydrogens (tertiary/aromatic N) is 5. The summed E-state index contributed by atoms with van der Waals surface area (Å²) in [6.45, 7) is 0.444. The van der Waals surface area contributed by atoms with Gasteiger partial charge in [0.1, 0.15) is 11.2 Å². The number of aromatic nitrogens is 6. The largest absolute Gasteiger partial charge is 0.314 e. The summed E-state index contributed by atoms with van der Waals surface area (Å²) in [6.07, 6.45) is 4.21. The maximum atomic E-state index is 13.0. The van der Waals surface area contributed by atoms with E-state index in [-0.39, 0.29) is 24.5 Å². The van der Waals surface area contributed by atoms with Crippen LogP contribution in [0.25, 0.3) is 22.5 Å². The third kappa shape index (κ3) is 3.05. The van der Waals surface area contributed by atoms with Crippen LogP contribution >= 0.6 is 0 Å². The van der Waals surface area contributed by atoms with Crippen molar-refractivity contribution >= 4 is 19.9 Å². The van der Waals surface area contributed by atoms with Gasteiger partial charge in [0, 0.05) is 36.6 Å². The van der Waals surface area contributed by atoms with Crippen molar-refractivity contribution in [2.24, 2.45) is 5.14 Å². The second-order valence-electron chi connectivity index (χ2n) is 6.06. The number of rotatable bonds is 5. The molecule has 1 saturated heterocycles. The van der Waals surface area contributed by atoms with Crippen molar-refractivity contribution in [3.63, 3.8) is 0 Å². The summed E-state index contributed by atoms with van der Waals surface area (Å²) < 4.78 is 51.0. The predicted molar refractivity (Wildman–Crippen MR) is 95.9 cm³/mol. The van der Waals surface area contributed by atoms with Crippen LogP contribution in [-0.4, -0.2) is 65.8 Å². The number of sulfonamides is 1. The van der Waals surface area contributed by atoms with Gasteiger partial charge in [0.25, 0.3) is 0 Å².